The summed E-state index contributed by atoms with van der Waals surface area (Å²) in [7, 11) is 0. The predicted molar refractivity (Wildman–Crippen MR) is 92.6 cm³/mol. The molecule has 1 aliphatic carbocycles. The molecule has 2 fully saturated rings. The lowest BCUT2D eigenvalue weighted by molar-refractivity contribution is -0.136. The third kappa shape index (κ3) is 3.87. The summed E-state index contributed by atoms with van der Waals surface area (Å²) in [5.74, 6) is 2.06. The Bertz CT molecular complexity index is 787. The van der Waals surface area contributed by atoms with Gasteiger partial charge in [-0.15, -0.1) is 0 Å². The van der Waals surface area contributed by atoms with Crippen molar-refractivity contribution in [2.75, 3.05) is 13.1 Å². The number of aromatic nitrogens is 4. The first-order valence-electron chi connectivity index (χ1n) is 9.67. The van der Waals surface area contributed by atoms with Gasteiger partial charge in [0.25, 0.3) is 5.89 Å². The van der Waals surface area contributed by atoms with Crippen molar-refractivity contribution in [2.24, 2.45) is 0 Å². The molecule has 1 aliphatic heterocycles. The van der Waals surface area contributed by atoms with Crippen molar-refractivity contribution in [1.82, 2.24) is 25.2 Å². The molecule has 4 rings (SSSR count). The molecule has 0 atom stereocenters. The predicted octanol–water partition coefficient (Wildman–Crippen LogP) is 1.86. The van der Waals surface area contributed by atoms with Gasteiger partial charge >= 0.3 is 0 Å². The molecule has 2 aromatic heterocycles. The summed E-state index contributed by atoms with van der Waals surface area (Å²) < 4.78 is 10.4. The quantitative estimate of drug-likeness (QED) is 0.860. The van der Waals surface area contributed by atoms with Crippen molar-refractivity contribution in [3.8, 4) is 0 Å². The fraction of sp³-hybridized carbons (Fsp3) is 0.722. The van der Waals surface area contributed by atoms with E-state index in [9.17, 15) is 9.90 Å². The molecular weight excluding hydrogens is 350 g/mol. The molecule has 2 aliphatic rings. The molecule has 9 nitrogen and oxygen atoms in total. The van der Waals surface area contributed by atoms with Gasteiger partial charge in [-0.1, -0.05) is 29.6 Å². The molecule has 0 radical (unpaired) electrons. The van der Waals surface area contributed by atoms with Crippen molar-refractivity contribution in [1.29, 1.82) is 0 Å². The monoisotopic (exact) mass is 375 g/mol. The fourth-order valence-corrected chi connectivity index (χ4v) is 3.94. The summed E-state index contributed by atoms with van der Waals surface area (Å²) in [4.78, 5) is 22.7. The second-order valence-electron chi connectivity index (χ2n) is 7.62. The number of likely N-dealkylation sites (tertiary alicyclic amines) is 1. The highest BCUT2D eigenvalue weighted by Gasteiger charge is 2.41. The van der Waals surface area contributed by atoms with Gasteiger partial charge in [-0.2, -0.15) is 9.97 Å². The maximum absolute atomic E-state index is 12.4. The van der Waals surface area contributed by atoms with E-state index in [4.69, 9.17) is 9.05 Å². The van der Waals surface area contributed by atoms with E-state index in [0.29, 0.717) is 49.4 Å². The molecule has 1 N–H and O–H groups in total. The van der Waals surface area contributed by atoms with Crippen molar-refractivity contribution in [3.63, 3.8) is 0 Å². The van der Waals surface area contributed by atoms with Gasteiger partial charge < -0.3 is 19.1 Å². The van der Waals surface area contributed by atoms with Crippen molar-refractivity contribution < 1.29 is 18.9 Å². The Balaban J connectivity index is 1.36. The number of piperidine rings is 1. The SMILES string of the molecule is Cc1noc(CC(=O)N2CCC(O)(c3nc(C4CCCCC4)no3)CC2)n1. The molecular formula is C18H25N5O4. The first-order chi connectivity index (χ1) is 13.0. The van der Waals surface area contributed by atoms with Crippen LogP contribution in [0.3, 0.4) is 0 Å². The minimum atomic E-state index is -1.17. The van der Waals surface area contributed by atoms with Crippen molar-refractivity contribution in [3.05, 3.63) is 23.4 Å². The molecule has 0 bridgehead atoms. The number of hydrogen-bond donors (Lipinski definition) is 1. The second kappa shape index (κ2) is 7.38. The zero-order valence-corrected chi connectivity index (χ0v) is 15.6. The summed E-state index contributed by atoms with van der Waals surface area (Å²) in [6.45, 7) is 2.55. The summed E-state index contributed by atoms with van der Waals surface area (Å²) >= 11 is 0. The zero-order chi connectivity index (χ0) is 18.9. The molecule has 0 spiro atoms. The Morgan fingerprint density at radius 1 is 1.15 bits per heavy atom. The molecule has 2 aromatic rings. The van der Waals surface area contributed by atoms with Gasteiger partial charge in [0.1, 0.15) is 12.0 Å². The summed E-state index contributed by atoms with van der Waals surface area (Å²) in [6, 6.07) is 0. The van der Waals surface area contributed by atoms with Crippen LogP contribution in [-0.2, 0) is 16.8 Å². The van der Waals surface area contributed by atoms with E-state index in [-0.39, 0.29) is 18.2 Å². The van der Waals surface area contributed by atoms with Crippen LogP contribution in [0.2, 0.25) is 0 Å². The Hall–Kier alpha value is -2.29. The van der Waals surface area contributed by atoms with E-state index in [0.717, 1.165) is 12.8 Å². The van der Waals surface area contributed by atoms with Crippen LogP contribution in [0, 0.1) is 6.92 Å². The van der Waals surface area contributed by atoms with Gasteiger partial charge in [-0.25, -0.2) is 0 Å². The highest BCUT2D eigenvalue weighted by atomic mass is 16.5. The number of aryl methyl sites for hydroxylation is 1. The number of carbonyl (C=O) groups is 1. The maximum Gasteiger partial charge on any atom is 0.258 e. The number of hydrogen-bond acceptors (Lipinski definition) is 8. The van der Waals surface area contributed by atoms with Crippen molar-refractivity contribution in [2.45, 2.75) is 69.8 Å². The van der Waals surface area contributed by atoms with Crippen LogP contribution < -0.4 is 0 Å². The van der Waals surface area contributed by atoms with E-state index in [1.54, 1.807) is 11.8 Å². The molecule has 9 heteroatoms. The number of amides is 1. The van der Waals surface area contributed by atoms with Gasteiger partial charge in [0.05, 0.1) is 0 Å². The first kappa shape index (κ1) is 18.1. The number of rotatable bonds is 4. The first-order valence-corrected chi connectivity index (χ1v) is 9.67. The second-order valence-corrected chi connectivity index (χ2v) is 7.62. The van der Waals surface area contributed by atoms with Crippen LogP contribution in [0.5, 0.6) is 0 Å². The molecule has 0 aromatic carbocycles. The molecule has 1 saturated carbocycles. The lowest BCUT2D eigenvalue weighted by Crippen LogP contribution is -2.45. The van der Waals surface area contributed by atoms with E-state index in [1.165, 1.54) is 19.3 Å². The Labute approximate surface area is 157 Å². The van der Waals surface area contributed by atoms with E-state index >= 15 is 0 Å². The lowest BCUT2D eigenvalue weighted by Gasteiger charge is -2.35. The van der Waals surface area contributed by atoms with Crippen LogP contribution in [0.1, 0.15) is 74.3 Å². The smallest absolute Gasteiger partial charge is 0.258 e. The molecule has 27 heavy (non-hydrogen) atoms. The van der Waals surface area contributed by atoms with Crippen LogP contribution >= 0.6 is 0 Å². The summed E-state index contributed by atoms with van der Waals surface area (Å²) in [6.07, 6.45) is 6.61. The average molecular weight is 375 g/mol. The van der Waals surface area contributed by atoms with E-state index < -0.39 is 5.60 Å². The normalized spacial score (nSPS) is 20.7. The highest BCUT2D eigenvalue weighted by Crippen LogP contribution is 2.35. The third-order valence-electron chi connectivity index (χ3n) is 5.63. The molecule has 0 unspecified atom stereocenters. The number of carbonyl (C=O) groups excluding carboxylic acids is 1. The maximum atomic E-state index is 12.4. The van der Waals surface area contributed by atoms with Gasteiger partial charge in [0, 0.05) is 31.8 Å². The summed E-state index contributed by atoms with van der Waals surface area (Å²) in [5.41, 5.74) is -1.17. The third-order valence-corrected chi connectivity index (χ3v) is 5.63. The zero-order valence-electron chi connectivity index (χ0n) is 15.6. The molecule has 1 saturated heterocycles. The average Bonchev–Trinajstić information content (AvgIpc) is 3.33. The number of aliphatic hydroxyl groups is 1. The Morgan fingerprint density at radius 2 is 1.89 bits per heavy atom. The molecule has 146 valence electrons. The Kier molecular flexibility index (Phi) is 4.94. The van der Waals surface area contributed by atoms with Crippen LogP contribution in [0.4, 0.5) is 0 Å². The van der Waals surface area contributed by atoms with E-state index in [2.05, 4.69) is 20.3 Å². The van der Waals surface area contributed by atoms with E-state index in [1.807, 2.05) is 0 Å². The largest absolute Gasteiger partial charge is 0.380 e. The van der Waals surface area contributed by atoms with Crippen LogP contribution in [0.15, 0.2) is 9.05 Å². The lowest BCUT2D eigenvalue weighted by atomic mass is 9.88. The molecule has 1 amide bonds. The summed E-state index contributed by atoms with van der Waals surface area (Å²) in [5, 5.41) is 18.8. The topological polar surface area (TPSA) is 118 Å². The van der Waals surface area contributed by atoms with Crippen LogP contribution in [0.25, 0.3) is 0 Å². The number of nitrogens with zero attached hydrogens (tertiary/aromatic N) is 5. The van der Waals surface area contributed by atoms with Crippen molar-refractivity contribution >= 4 is 5.91 Å². The minimum absolute atomic E-state index is 0.0751. The van der Waals surface area contributed by atoms with Crippen LogP contribution in [-0.4, -0.2) is 49.3 Å². The van der Waals surface area contributed by atoms with Gasteiger partial charge in [0.15, 0.2) is 11.6 Å². The standard InChI is InChI=1S/C18H25N5O4/c1-12-19-14(26-21-12)11-15(24)23-9-7-18(25,8-10-23)17-20-16(22-27-17)13-5-3-2-4-6-13/h13,25H,2-11H2,1H3. The highest BCUT2D eigenvalue weighted by molar-refractivity contribution is 5.77. The molecule has 3 heterocycles. The van der Waals surface area contributed by atoms with Gasteiger partial charge in [-0.05, 0) is 19.8 Å². The fourth-order valence-electron chi connectivity index (χ4n) is 3.94. The van der Waals surface area contributed by atoms with Gasteiger partial charge in [0.2, 0.25) is 11.8 Å². The Morgan fingerprint density at radius 3 is 2.56 bits per heavy atom. The minimum Gasteiger partial charge on any atom is -0.380 e. The van der Waals surface area contributed by atoms with Gasteiger partial charge in [-0.3, -0.25) is 4.79 Å².